The van der Waals surface area contributed by atoms with Crippen LogP contribution in [-0.4, -0.2) is 13.1 Å². The molecule has 1 N–H and O–H groups in total. The summed E-state index contributed by atoms with van der Waals surface area (Å²) in [5, 5.41) is 3.34. The van der Waals surface area contributed by atoms with Gasteiger partial charge in [-0.1, -0.05) is 48.5 Å². The molecule has 18 heavy (non-hydrogen) atoms. The van der Waals surface area contributed by atoms with E-state index >= 15 is 0 Å². The second-order valence-corrected chi connectivity index (χ2v) is 4.33. The molecule has 2 heteroatoms. The smallest absolute Gasteiger partial charge is 0.126 e. The van der Waals surface area contributed by atoms with Crippen molar-refractivity contribution in [2.45, 2.75) is 12.8 Å². The SMILES string of the molecule is Fc1ccccc1CCNCCc1ccccc1. The van der Waals surface area contributed by atoms with E-state index in [0.717, 1.165) is 31.5 Å². The van der Waals surface area contributed by atoms with Crippen molar-refractivity contribution in [2.24, 2.45) is 0 Å². The Bertz CT molecular complexity index is 468. The standard InChI is InChI=1S/C16H18FN/c17-16-9-5-4-8-15(16)11-13-18-12-10-14-6-2-1-3-7-14/h1-9,18H,10-13H2. The van der Waals surface area contributed by atoms with E-state index in [0.29, 0.717) is 0 Å². The molecule has 0 spiro atoms. The van der Waals surface area contributed by atoms with Crippen molar-refractivity contribution in [2.75, 3.05) is 13.1 Å². The zero-order chi connectivity index (χ0) is 12.6. The third-order valence-corrected chi connectivity index (χ3v) is 2.96. The first-order chi connectivity index (χ1) is 8.86. The van der Waals surface area contributed by atoms with Crippen molar-refractivity contribution in [1.29, 1.82) is 0 Å². The van der Waals surface area contributed by atoms with Crippen molar-refractivity contribution in [3.63, 3.8) is 0 Å². The van der Waals surface area contributed by atoms with E-state index < -0.39 is 0 Å². The average molecular weight is 243 g/mol. The zero-order valence-corrected chi connectivity index (χ0v) is 10.4. The van der Waals surface area contributed by atoms with E-state index in [-0.39, 0.29) is 5.82 Å². The van der Waals surface area contributed by atoms with E-state index in [1.165, 1.54) is 11.6 Å². The van der Waals surface area contributed by atoms with Crippen molar-refractivity contribution in [3.8, 4) is 0 Å². The highest BCUT2D eigenvalue weighted by Gasteiger charge is 1.99. The minimum Gasteiger partial charge on any atom is -0.316 e. The normalized spacial score (nSPS) is 10.5. The predicted octanol–water partition coefficient (Wildman–Crippen LogP) is 3.20. The van der Waals surface area contributed by atoms with Gasteiger partial charge in [0.05, 0.1) is 0 Å². The van der Waals surface area contributed by atoms with Gasteiger partial charge in [-0.15, -0.1) is 0 Å². The van der Waals surface area contributed by atoms with Crippen molar-refractivity contribution in [3.05, 3.63) is 71.5 Å². The van der Waals surface area contributed by atoms with Crippen LogP contribution in [0.25, 0.3) is 0 Å². The zero-order valence-electron chi connectivity index (χ0n) is 10.4. The van der Waals surface area contributed by atoms with Gasteiger partial charge in [0.1, 0.15) is 5.82 Å². The molecular formula is C16H18FN. The van der Waals surface area contributed by atoms with E-state index in [1.807, 2.05) is 18.2 Å². The molecule has 0 aliphatic heterocycles. The van der Waals surface area contributed by atoms with Crippen LogP contribution in [0, 0.1) is 5.82 Å². The molecule has 0 bridgehead atoms. The largest absolute Gasteiger partial charge is 0.316 e. The Morgan fingerprint density at radius 3 is 2.22 bits per heavy atom. The van der Waals surface area contributed by atoms with Crippen molar-refractivity contribution < 1.29 is 4.39 Å². The highest BCUT2D eigenvalue weighted by Crippen LogP contribution is 2.06. The highest BCUT2D eigenvalue weighted by molar-refractivity contribution is 5.17. The molecule has 0 atom stereocenters. The van der Waals surface area contributed by atoms with Crippen LogP contribution in [-0.2, 0) is 12.8 Å². The van der Waals surface area contributed by atoms with Gasteiger partial charge in [0.2, 0.25) is 0 Å². The molecule has 0 aliphatic rings. The van der Waals surface area contributed by atoms with Gasteiger partial charge in [0, 0.05) is 0 Å². The number of benzene rings is 2. The molecule has 0 fully saturated rings. The summed E-state index contributed by atoms with van der Waals surface area (Å²) in [7, 11) is 0. The van der Waals surface area contributed by atoms with Gasteiger partial charge < -0.3 is 5.32 Å². The first-order valence-electron chi connectivity index (χ1n) is 6.34. The fourth-order valence-electron chi connectivity index (χ4n) is 1.93. The summed E-state index contributed by atoms with van der Waals surface area (Å²) in [5.41, 5.74) is 2.11. The summed E-state index contributed by atoms with van der Waals surface area (Å²) in [4.78, 5) is 0. The lowest BCUT2D eigenvalue weighted by Gasteiger charge is -2.06. The van der Waals surface area contributed by atoms with Crippen LogP contribution in [0.15, 0.2) is 54.6 Å². The Kier molecular flexibility index (Phi) is 4.91. The van der Waals surface area contributed by atoms with Crippen LogP contribution in [0.4, 0.5) is 4.39 Å². The number of hydrogen-bond donors (Lipinski definition) is 1. The molecule has 0 saturated carbocycles. The monoisotopic (exact) mass is 243 g/mol. The fourth-order valence-corrected chi connectivity index (χ4v) is 1.93. The van der Waals surface area contributed by atoms with Crippen LogP contribution in [0.5, 0.6) is 0 Å². The lowest BCUT2D eigenvalue weighted by atomic mass is 10.1. The van der Waals surface area contributed by atoms with Gasteiger partial charge in [0.25, 0.3) is 0 Å². The van der Waals surface area contributed by atoms with Crippen LogP contribution >= 0.6 is 0 Å². The first kappa shape index (κ1) is 12.8. The average Bonchev–Trinajstić information content (AvgIpc) is 2.42. The molecule has 94 valence electrons. The molecule has 0 aromatic heterocycles. The summed E-state index contributed by atoms with van der Waals surface area (Å²) >= 11 is 0. The van der Waals surface area contributed by atoms with Gasteiger partial charge in [-0.25, -0.2) is 4.39 Å². The minimum absolute atomic E-state index is 0.109. The van der Waals surface area contributed by atoms with E-state index in [1.54, 1.807) is 6.07 Å². The summed E-state index contributed by atoms with van der Waals surface area (Å²) in [5.74, 6) is -0.109. The van der Waals surface area contributed by atoms with Gasteiger partial charge in [0.15, 0.2) is 0 Å². The van der Waals surface area contributed by atoms with Gasteiger partial charge in [-0.2, -0.15) is 0 Å². The number of nitrogens with one attached hydrogen (secondary N) is 1. The molecule has 0 amide bonds. The maximum Gasteiger partial charge on any atom is 0.126 e. The molecular weight excluding hydrogens is 225 g/mol. The second-order valence-electron chi connectivity index (χ2n) is 4.33. The van der Waals surface area contributed by atoms with Gasteiger partial charge in [-0.3, -0.25) is 0 Å². The third-order valence-electron chi connectivity index (χ3n) is 2.96. The molecule has 1 nitrogen and oxygen atoms in total. The second kappa shape index (κ2) is 6.92. The Hall–Kier alpha value is -1.67. The molecule has 0 radical (unpaired) electrons. The lowest BCUT2D eigenvalue weighted by Crippen LogP contribution is -2.20. The van der Waals surface area contributed by atoms with Crippen LogP contribution in [0.3, 0.4) is 0 Å². The van der Waals surface area contributed by atoms with Crippen LogP contribution in [0.1, 0.15) is 11.1 Å². The molecule has 2 rings (SSSR count). The number of hydrogen-bond acceptors (Lipinski definition) is 1. The third kappa shape index (κ3) is 3.97. The van der Waals surface area contributed by atoms with Gasteiger partial charge >= 0.3 is 0 Å². The highest BCUT2D eigenvalue weighted by atomic mass is 19.1. The summed E-state index contributed by atoms with van der Waals surface area (Å²) < 4.78 is 13.3. The minimum atomic E-state index is -0.109. The van der Waals surface area contributed by atoms with Gasteiger partial charge in [-0.05, 0) is 43.1 Å². The Morgan fingerprint density at radius 2 is 1.44 bits per heavy atom. The topological polar surface area (TPSA) is 12.0 Å². The molecule has 2 aromatic rings. The molecule has 0 aliphatic carbocycles. The molecule has 2 aromatic carbocycles. The Morgan fingerprint density at radius 1 is 0.778 bits per heavy atom. The quantitative estimate of drug-likeness (QED) is 0.768. The van der Waals surface area contributed by atoms with Crippen molar-refractivity contribution in [1.82, 2.24) is 5.32 Å². The Labute approximate surface area is 108 Å². The number of rotatable bonds is 6. The molecule has 0 heterocycles. The van der Waals surface area contributed by atoms with E-state index in [9.17, 15) is 4.39 Å². The predicted molar refractivity (Wildman–Crippen MR) is 73.1 cm³/mol. The summed E-state index contributed by atoms with van der Waals surface area (Å²) in [6, 6.07) is 17.3. The van der Waals surface area contributed by atoms with Crippen molar-refractivity contribution >= 4 is 0 Å². The Balaban J connectivity index is 1.66. The summed E-state index contributed by atoms with van der Waals surface area (Å²) in [6.45, 7) is 1.74. The van der Waals surface area contributed by atoms with E-state index in [4.69, 9.17) is 0 Å². The first-order valence-corrected chi connectivity index (χ1v) is 6.34. The molecule has 0 unspecified atom stereocenters. The lowest BCUT2D eigenvalue weighted by molar-refractivity contribution is 0.598. The van der Waals surface area contributed by atoms with Crippen LogP contribution in [0.2, 0.25) is 0 Å². The number of halogens is 1. The maximum atomic E-state index is 13.3. The fraction of sp³-hybridized carbons (Fsp3) is 0.250. The van der Waals surface area contributed by atoms with E-state index in [2.05, 4.69) is 29.6 Å². The van der Waals surface area contributed by atoms with Crippen LogP contribution < -0.4 is 5.32 Å². The molecule has 0 saturated heterocycles. The maximum absolute atomic E-state index is 13.3. The summed E-state index contributed by atoms with van der Waals surface area (Å²) in [6.07, 6.45) is 1.75.